The first-order valence-corrected chi connectivity index (χ1v) is 7.55. The van der Waals surface area contributed by atoms with Gasteiger partial charge in [-0.15, -0.1) is 11.3 Å². The molecule has 5 nitrogen and oxygen atoms in total. The van der Waals surface area contributed by atoms with Crippen molar-refractivity contribution in [2.75, 3.05) is 19.0 Å². The quantitative estimate of drug-likeness (QED) is 0.895. The summed E-state index contributed by atoms with van der Waals surface area (Å²) >= 11 is 1.44. The summed E-state index contributed by atoms with van der Waals surface area (Å²) in [6, 6.07) is 0.172. The number of aliphatic hydroxyl groups excluding tert-OH is 1. The lowest BCUT2D eigenvalue weighted by molar-refractivity contribution is 0.139. The summed E-state index contributed by atoms with van der Waals surface area (Å²) in [6.45, 7) is 2.17. The Balaban J connectivity index is 1.85. The van der Waals surface area contributed by atoms with Gasteiger partial charge in [0.25, 0.3) is 0 Å². The molecule has 2 rings (SSSR count). The third-order valence-electron chi connectivity index (χ3n) is 3.78. The zero-order valence-corrected chi connectivity index (χ0v) is 12.2. The predicted molar refractivity (Wildman–Crippen MR) is 76.5 cm³/mol. The van der Waals surface area contributed by atoms with Crippen molar-refractivity contribution in [1.82, 2.24) is 9.88 Å². The second-order valence-electron chi connectivity index (χ2n) is 5.19. The number of aryl methyl sites for hydroxylation is 1. The van der Waals surface area contributed by atoms with Crippen molar-refractivity contribution in [2.45, 2.75) is 38.6 Å². The number of anilines is 1. The first-order chi connectivity index (χ1) is 9.10. The van der Waals surface area contributed by atoms with Crippen LogP contribution in [0, 0.1) is 12.8 Å². The van der Waals surface area contributed by atoms with E-state index in [-0.39, 0.29) is 18.7 Å². The molecule has 1 aromatic rings. The maximum atomic E-state index is 12.1. The van der Waals surface area contributed by atoms with Gasteiger partial charge in [-0.05, 0) is 38.5 Å². The molecule has 2 amide bonds. The molecule has 1 heterocycles. The number of nitrogens with zero attached hydrogens (tertiary/aromatic N) is 2. The van der Waals surface area contributed by atoms with Gasteiger partial charge in [0.2, 0.25) is 0 Å². The third kappa shape index (κ3) is 3.67. The zero-order valence-electron chi connectivity index (χ0n) is 11.4. The number of hydrogen-bond acceptors (Lipinski definition) is 4. The van der Waals surface area contributed by atoms with Gasteiger partial charge in [0.15, 0.2) is 5.13 Å². The molecule has 1 aromatic heterocycles. The highest BCUT2D eigenvalue weighted by Crippen LogP contribution is 2.27. The van der Waals surface area contributed by atoms with Crippen LogP contribution in [0.4, 0.5) is 9.93 Å². The van der Waals surface area contributed by atoms with Gasteiger partial charge in [0, 0.05) is 25.1 Å². The van der Waals surface area contributed by atoms with E-state index in [1.165, 1.54) is 11.3 Å². The number of thiazole rings is 1. The molecule has 0 aromatic carbocycles. The van der Waals surface area contributed by atoms with E-state index in [1.807, 2.05) is 19.4 Å². The third-order valence-corrected chi connectivity index (χ3v) is 4.65. The van der Waals surface area contributed by atoms with E-state index < -0.39 is 0 Å². The highest BCUT2D eigenvalue weighted by Gasteiger charge is 2.26. The molecule has 0 atom stereocenters. The molecule has 0 saturated heterocycles. The van der Waals surface area contributed by atoms with Gasteiger partial charge >= 0.3 is 6.03 Å². The lowest BCUT2D eigenvalue weighted by Crippen LogP contribution is -2.42. The molecule has 0 aliphatic heterocycles. The van der Waals surface area contributed by atoms with E-state index in [1.54, 1.807) is 4.90 Å². The van der Waals surface area contributed by atoms with E-state index in [2.05, 4.69) is 10.3 Å². The molecule has 1 aliphatic carbocycles. The topological polar surface area (TPSA) is 65.5 Å². The van der Waals surface area contributed by atoms with E-state index >= 15 is 0 Å². The van der Waals surface area contributed by atoms with E-state index in [9.17, 15) is 4.79 Å². The summed E-state index contributed by atoms with van der Waals surface area (Å²) in [7, 11) is 1.83. The second-order valence-corrected chi connectivity index (χ2v) is 6.05. The van der Waals surface area contributed by atoms with Crippen LogP contribution in [0.2, 0.25) is 0 Å². The van der Waals surface area contributed by atoms with Crippen molar-refractivity contribution in [3.8, 4) is 0 Å². The zero-order chi connectivity index (χ0) is 13.8. The number of urea groups is 1. The molecule has 1 aliphatic rings. The smallest absolute Gasteiger partial charge is 0.323 e. The predicted octanol–water partition coefficient (Wildman–Crippen LogP) is 2.47. The minimum Gasteiger partial charge on any atom is -0.396 e. The summed E-state index contributed by atoms with van der Waals surface area (Å²) in [5.74, 6) is 0.411. The van der Waals surface area contributed by atoms with Crippen molar-refractivity contribution in [1.29, 1.82) is 0 Å². The van der Waals surface area contributed by atoms with Gasteiger partial charge in [0.1, 0.15) is 0 Å². The van der Waals surface area contributed by atoms with Gasteiger partial charge < -0.3 is 10.0 Å². The number of aromatic nitrogens is 1. The lowest BCUT2D eigenvalue weighted by Gasteiger charge is -2.33. The Morgan fingerprint density at radius 1 is 1.53 bits per heavy atom. The first kappa shape index (κ1) is 14.3. The molecule has 19 heavy (non-hydrogen) atoms. The van der Waals surface area contributed by atoms with Crippen LogP contribution in [0.1, 0.15) is 31.4 Å². The molecule has 106 valence electrons. The van der Waals surface area contributed by atoms with Crippen LogP contribution in [0.3, 0.4) is 0 Å². The molecule has 0 spiro atoms. The van der Waals surface area contributed by atoms with Gasteiger partial charge in [-0.2, -0.15) is 0 Å². The molecule has 0 bridgehead atoms. The fourth-order valence-electron chi connectivity index (χ4n) is 2.47. The lowest BCUT2D eigenvalue weighted by atomic mass is 9.86. The number of hydrogen-bond donors (Lipinski definition) is 2. The highest BCUT2D eigenvalue weighted by molar-refractivity contribution is 7.13. The first-order valence-electron chi connectivity index (χ1n) is 6.67. The van der Waals surface area contributed by atoms with E-state index in [4.69, 9.17) is 5.11 Å². The Labute approximate surface area is 117 Å². The minimum absolute atomic E-state index is 0.0956. The van der Waals surface area contributed by atoms with Crippen molar-refractivity contribution in [3.05, 3.63) is 11.1 Å². The average Bonchev–Trinajstić information content (AvgIpc) is 2.83. The Hall–Kier alpha value is -1.14. The minimum atomic E-state index is -0.0956. The number of nitrogens with one attached hydrogen (secondary N) is 1. The van der Waals surface area contributed by atoms with E-state index in [0.717, 1.165) is 31.4 Å². The fourth-order valence-corrected chi connectivity index (χ4v) is 3.15. The highest BCUT2D eigenvalue weighted by atomic mass is 32.1. The summed E-state index contributed by atoms with van der Waals surface area (Å²) < 4.78 is 0. The number of aliphatic hydroxyl groups is 1. The van der Waals surface area contributed by atoms with E-state index in [0.29, 0.717) is 11.0 Å². The van der Waals surface area contributed by atoms with Gasteiger partial charge in [-0.25, -0.2) is 9.78 Å². The molecule has 2 N–H and O–H groups in total. The Bertz CT molecular complexity index is 427. The van der Waals surface area contributed by atoms with Crippen LogP contribution in [0.15, 0.2) is 5.38 Å². The normalized spacial score (nSPS) is 23.1. The number of rotatable bonds is 3. The fraction of sp³-hybridized carbons (Fsp3) is 0.692. The Kier molecular flexibility index (Phi) is 4.76. The summed E-state index contributed by atoms with van der Waals surface area (Å²) in [4.78, 5) is 18.1. The molecular formula is C13H21N3O2S. The Morgan fingerprint density at radius 2 is 2.21 bits per heavy atom. The van der Waals surface area contributed by atoms with Crippen molar-refractivity contribution < 1.29 is 9.90 Å². The van der Waals surface area contributed by atoms with Crippen LogP contribution < -0.4 is 5.32 Å². The van der Waals surface area contributed by atoms with Gasteiger partial charge in [-0.3, -0.25) is 5.32 Å². The standard InChI is InChI=1S/C13H21N3O2S/c1-9-8-19-12(14-9)15-13(18)16(2)11-5-3-10(7-17)4-6-11/h8,10-11,17H,3-7H2,1-2H3,(H,14,15,18). The largest absolute Gasteiger partial charge is 0.396 e. The summed E-state index contributed by atoms with van der Waals surface area (Å²) in [5, 5.41) is 14.5. The maximum absolute atomic E-state index is 12.1. The number of amides is 2. The molecule has 1 fully saturated rings. The molecule has 6 heteroatoms. The molecular weight excluding hydrogens is 262 g/mol. The van der Waals surface area contributed by atoms with Gasteiger partial charge in [0.05, 0.1) is 5.69 Å². The van der Waals surface area contributed by atoms with Gasteiger partial charge in [-0.1, -0.05) is 0 Å². The number of carbonyl (C=O) groups is 1. The molecule has 0 unspecified atom stereocenters. The molecule has 0 radical (unpaired) electrons. The summed E-state index contributed by atoms with van der Waals surface area (Å²) in [6.07, 6.45) is 3.92. The second kappa shape index (κ2) is 6.34. The van der Waals surface area contributed by atoms with Crippen molar-refractivity contribution in [2.24, 2.45) is 5.92 Å². The molecule has 1 saturated carbocycles. The van der Waals surface area contributed by atoms with Crippen LogP contribution in [0.5, 0.6) is 0 Å². The van der Waals surface area contributed by atoms with Crippen LogP contribution in [-0.4, -0.2) is 40.7 Å². The van der Waals surface area contributed by atoms with Crippen LogP contribution >= 0.6 is 11.3 Å². The average molecular weight is 283 g/mol. The van der Waals surface area contributed by atoms with Crippen LogP contribution in [0.25, 0.3) is 0 Å². The van der Waals surface area contributed by atoms with Crippen LogP contribution in [-0.2, 0) is 0 Å². The maximum Gasteiger partial charge on any atom is 0.323 e. The number of carbonyl (C=O) groups excluding carboxylic acids is 1. The monoisotopic (exact) mass is 283 g/mol. The van der Waals surface area contributed by atoms with Crippen molar-refractivity contribution >= 4 is 22.5 Å². The SMILES string of the molecule is Cc1csc(NC(=O)N(C)C2CCC(CO)CC2)n1. The Morgan fingerprint density at radius 3 is 2.74 bits per heavy atom. The van der Waals surface area contributed by atoms with Crippen molar-refractivity contribution in [3.63, 3.8) is 0 Å². The summed E-state index contributed by atoms with van der Waals surface area (Å²) in [5.41, 5.74) is 0.923.